The largest absolute Gasteiger partial charge is 0.471 e. The summed E-state index contributed by atoms with van der Waals surface area (Å²) in [5.74, 6) is -2.80. The van der Waals surface area contributed by atoms with Gasteiger partial charge < -0.3 is 29.9 Å². The topological polar surface area (TPSA) is 112 Å². The number of anilines is 1. The van der Waals surface area contributed by atoms with Crippen LogP contribution in [0.5, 0.6) is 0 Å². The van der Waals surface area contributed by atoms with Crippen LogP contribution in [0, 0.1) is 5.92 Å². The lowest BCUT2D eigenvalue weighted by molar-refractivity contribution is -0.276. The summed E-state index contributed by atoms with van der Waals surface area (Å²) in [5.41, 5.74) is 3.52. The van der Waals surface area contributed by atoms with Crippen LogP contribution in [0.1, 0.15) is 67.4 Å². The number of halogens is 3. The molecule has 0 bridgehead atoms. The highest BCUT2D eigenvalue weighted by molar-refractivity contribution is 5.98. The van der Waals surface area contributed by atoms with E-state index in [4.69, 9.17) is 9.47 Å². The van der Waals surface area contributed by atoms with Gasteiger partial charge in [-0.1, -0.05) is 73.7 Å². The Balaban J connectivity index is 1.32. The van der Waals surface area contributed by atoms with Crippen LogP contribution in [0.15, 0.2) is 78.9 Å². The molecule has 3 aromatic carbocycles. The van der Waals surface area contributed by atoms with Crippen LogP contribution in [0.25, 0.3) is 0 Å². The van der Waals surface area contributed by atoms with Gasteiger partial charge in [-0.3, -0.25) is 14.5 Å². The number of hydrogen-bond donors (Lipinski definition) is 3. The molecule has 2 saturated heterocycles. The van der Waals surface area contributed by atoms with Gasteiger partial charge in [0.15, 0.2) is 6.29 Å². The number of aliphatic hydroxyl groups is 2. The third-order valence-electron chi connectivity index (χ3n) is 9.39. The van der Waals surface area contributed by atoms with Crippen molar-refractivity contribution < 1.29 is 42.4 Å². The lowest BCUT2D eigenvalue weighted by atomic mass is 9.89. The molecule has 2 aliphatic heterocycles. The lowest BCUT2D eigenvalue weighted by Crippen LogP contribution is -2.48. The molecule has 48 heavy (non-hydrogen) atoms. The minimum atomic E-state index is -5.05. The molecule has 0 saturated carbocycles. The van der Waals surface area contributed by atoms with Gasteiger partial charge in [-0.15, -0.1) is 0 Å². The van der Waals surface area contributed by atoms with Crippen molar-refractivity contribution in [1.29, 1.82) is 0 Å². The van der Waals surface area contributed by atoms with E-state index in [1.807, 2.05) is 75.5 Å². The first-order valence-corrected chi connectivity index (χ1v) is 16.1. The average Bonchev–Trinajstić information content (AvgIpc) is 3.59. The molecule has 9 nitrogen and oxygen atoms in total. The zero-order valence-corrected chi connectivity index (χ0v) is 27.1. The molecule has 0 aromatic heterocycles. The molecule has 12 heteroatoms. The molecule has 0 spiro atoms. The van der Waals surface area contributed by atoms with Gasteiger partial charge in [-0.25, -0.2) is 0 Å². The number of nitrogens with one attached hydrogen (secondary N) is 1. The Hall–Kier alpha value is -3.81. The van der Waals surface area contributed by atoms with Crippen LogP contribution in [0.2, 0.25) is 0 Å². The maximum absolute atomic E-state index is 13.1. The van der Waals surface area contributed by atoms with Crippen LogP contribution in [0.4, 0.5) is 18.9 Å². The number of likely N-dealkylation sites (N-methyl/N-ethyl adjacent to an activating group) is 1. The number of carbonyl (C=O) groups is 2. The number of carbonyl (C=O) groups excluding carboxylic acids is 2. The van der Waals surface area contributed by atoms with Gasteiger partial charge in [0.05, 0.1) is 24.9 Å². The molecule has 3 aromatic rings. The van der Waals surface area contributed by atoms with Crippen LogP contribution in [0.3, 0.4) is 0 Å². The van der Waals surface area contributed by atoms with E-state index in [0.717, 1.165) is 16.7 Å². The molecule has 3 N–H and O–H groups in total. The van der Waals surface area contributed by atoms with Gasteiger partial charge in [0.2, 0.25) is 5.91 Å². The summed E-state index contributed by atoms with van der Waals surface area (Å²) >= 11 is 0. The number of amides is 2. The highest BCUT2D eigenvalue weighted by Crippen LogP contribution is 2.42. The van der Waals surface area contributed by atoms with Gasteiger partial charge in [0.25, 0.3) is 0 Å². The quantitative estimate of drug-likeness (QED) is 0.261. The molecule has 2 heterocycles. The van der Waals surface area contributed by atoms with Crippen molar-refractivity contribution in [1.82, 2.24) is 9.80 Å². The number of alkyl halides is 3. The number of rotatable bonds is 10. The Morgan fingerprint density at radius 1 is 1.00 bits per heavy atom. The average molecular weight is 670 g/mol. The zero-order chi connectivity index (χ0) is 34.6. The minimum absolute atomic E-state index is 0.0809. The molecule has 0 radical (unpaired) electrons. The fraction of sp³-hybridized carbons (Fsp3) is 0.444. The first-order chi connectivity index (χ1) is 22.9. The summed E-state index contributed by atoms with van der Waals surface area (Å²) in [7, 11) is 1.94. The molecule has 2 fully saturated rings. The second kappa shape index (κ2) is 15.2. The van der Waals surface area contributed by atoms with Gasteiger partial charge in [0, 0.05) is 36.3 Å². The van der Waals surface area contributed by atoms with E-state index in [2.05, 4.69) is 10.2 Å². The van der Waals surface area contributed by atoms with E-state index in [9.17, 15) is 33.0 Å². The molecule has 7 unspecified atom stereocenters. The van der Waals surface area contributed by atoms with Crippen molar-refractivity contribution in [2.75, 3.05) is 25.5 Å². The molecular weight excluding hydrogens is 627 g/mol. The SMILES string of the molecule is CC1C(CN(C)C(C)C(O)c2ccccc2)OC(c2ccc(NC(=O)C3CCCN3C(=O)C(F)(F)F)cc2)OC1c1ccc(CO)cc1. The molecule has 2 aliphatic rings. The van der Waals surface area contributed by atoms with Crippen molar-refractivity contribution in [3.05, 3.63) is 101 Å². The molecular formula is C36H42F3N3O6. The fourth-order valence-electron chi connectivity index (χ4n) is 6.34. The summed E-state index contributed by atoms with van der Waals surface area (Å²) in [6, 6.07) is 22.3. The summed E-state index contributed by atoms with van der Waals surface area (Å²) in [6.07, 6.45) is -6.80. The van der Waals surface area contributed by atoms with E-state index in [1.165, 1.54) is 0 Å². The number of aliphatic hydroxyl groups excluding tert-OH is 2. The Kier molecular flexibility index (Phi) is 11.2. The standard InChI is InChI=1S/C36H42F3N3O6/c1-22-30(20-41(3)23(2)31(44)25-8-5-4-6-9-25)47-34(48-32(22)26-13-11-24(21-43)12-14-26)27-15-17-28(18-16-27)40-33(45)29-10-7-19-42(29)35(46)36(37,38)39/h4-6,8-9,11-18,22-23,29-32,34,43-44H,7,10,19-21H2,1-3H3,(H,40,45). The zero-order valence-electron chi connectivity index (χ0n) is 27.1. The van der Waals surface area contributed by atoms with E-state index >= 15 is 0 Å². The summed E-state index contributed by atoms with van der Waals surface area (Å²) in [6.45, 7) is 4.28. The molecule has 7 atom stereocenters. The normalized spacial score (nSPS) is 24.4. The number of benzene rings is 3. The van der Waals surface area contributed by atoms with Crippen LogP contribution < -0.4 is 5.32 Å². The van der Waals surface area contributed by atoms with Crippen LogP contribution >= 0.6 is 0 Å². The Morgan fingerprint density at radius 2 is 1.65 bits per heavy atom. The van der Waals surface area contributed by atoms with Crippen molar-refractivity contribution in [3.63, 3.8) is 0 Å². The number of nitrogens with zero attached hydrogens (tertiary/aromatic N) is 2. The van der Waals surface area contributed by atoms with Crippen molar-refractivity contribution >= 4 is 17.5 Å². The minimum Gasteiger partial charge on any atom is -0.392 e. The predicted molar refractivity (Wildman–Crippen MR) is 172 cm³/mol. The van der Waals surface area contributed by atoms with E-state index in [0.29, 0.717) is 29.1 Å². The summed E-state index contributed by atoms with van der Waals surface area (Å²) < 4.78 is 52.2. The van der Waals surface area contributed by atoms with E-state index in [1.54, 1.807) is 24.3 Å². The maximum atomic E-state index is 13.1. The molecule has 0 aliphatic carbocycles. The maximum Gasteiger partial charge on any atom is 0.471 e. The Morgan fingerprint density at radius 3 is 2.27 bits per heavy atom. The van der Waals surface area contributed by atoms with Crippen LogP contribution in [-0.4, -0.2) is 76.3 Å². The number of likely N-dealkylation sites (tertiary alicyclic amines) is 1. The second-order valence-corrected chi connectivity index (χ2v) is 12.6. The lowest BCUT2D eigenvalue weighted by Gasteiger charge is -2.43. The Bertz CT molecular complexity index is 1520. The predicted octanol–water partition coefficient (Wildman–Crippen LogP) is 5.52. The second-order valence-electron chi connectivity index (χ2n) is 12.6. The van der Waals surface area contributed by atoms with Gasteiger partial charge >= 0.3 is 12.1 Å². The third-order valence-corrected chi connectivity index (χ3v) is 9.39. The van der Waals surface area contributed by atoms with E-state index in [-0.39, 0.29) is 43.7 Å². The molecule has 2 amide bonds. The highest BCUT2D eigenvalue weighted by atomic mass is 19.4. The highest BCUT2D eigenvalue weighted by Gasteiger charge is 2.47. The molecule has 258 valence electrons. The number of ether oxygens (including phenoxy) is 2. The van der Waals surface area contributed by atoms with Crippen LogP contribution in [-0.2, 0) is 25.7 Å². The van der Waals surface area contributed by atoms with Gasteiger partial charge in [-0.05, 0) is 55.6 Å². The smallest absolute Gasteiger partial charge is 0.392 e. The van der Waals surface area contributed by atoms with Crippen molar-refractivity contribution in [2.45, 2.75) is 76.2 Å². The van der Waals surface area contributed by atoms with Crippen molar-refractivity contribution in [2.24, 2.45) is 5.92 Å². The van der Waals surface area contributed by atoms with Crippen molar-refractivity contribution in [3.8, 4) is 0 Å². The first-order valence-electron chi connectivity index (χ1n) is 16.1. The monoisotopic (exact) mass is 669 g/mol. The summed E-state index contributed by atoms with van der Waals surface area (Å²) in [4.78, 5) is 27.4. The fourth-order valence-corrected chi connectivity index (χ4v) is 6.34. The van der Waals surface area contributed by atoms with E-state index < -0.39 is 36.4 Å². The first kappa shape index (κ1) is 35.5. The summed E-state index contributed by atoms with van der Waals surface area (Å²) in [5, 5.41) is 23.3. The Labute approximate surface area is 278 Å². The third kappa shape index (κ3) is 8.07. The van der Waals surface area contributed by atoms with Gasteiger partial charge in [0.1, 0.15) is 6.04 Å². The van der Waals surface area contributed by atoms with Gasteiger partial charge in [-0.2, -0.15) is 13.2 Å². The number of hydrogen-bond acceptors (Lipinski definition) is 7. The molecule has 5 rings (SSSR count).